The Morgan fingerprint density at radius 1 is 1.50 bits per heavy atom. The van der Waals surface area contributed by atoms with E-state index < -0.39 is 0 Å². The zero-order valence-corrected chi connectivity index (χ0v) is 10.4. The fraction of sp³-hybridized carbons (Fsp3) is 0.500. The van der Waals surface area contributed by atoms with Crippen LogP contribution in [0.25, 0.3) is 0 Å². The van der Waals surface area contributed by atoms with Crippen LogP contribution in [0.15, 0.2) is 11.4 Å². The van der Waals surface area contributed by atoms with Crippen LogP contribution in [0.1, 0.15) is 15.2 Å². The quantitative estimate of drug-likeness (QED) is 0.744. The van der Waals surface area contributed by atoms with Gasteiger partial charge in [-0.25, -0.2) is 0 Å². The second kappa shape index (κ2) is 4.73. The van der Waals surface area contributed by atoms with Crippen LogP contribution < -0.4 is 0 Å². The Labute approximate surface area is 96.7 Å². The average molecular weight is 244 g/mol. The third-order valence-corrected chi connectivity index (χ3v) is 5.98. The van der Waals surface area contributed by atoms with Gasteiger partial charge in [-0.05, 0) is 23.9 Å². The SMILES string of the molecule is Cc1ccsc1C(=O)C1CSCCS1. The molecule has 0 saturated carbocycles. The second-order valence-electron chi connectivity index (χ2n) is 3.23. The van der Waals surface area contributed by atoms with Gasteiger partial charge in [0.05, 0.1) is 10.1 Å². The highest BCUT2D eigenvalue weighted by Crippen LogP contribution is 2.29. The standard InChI is InChI=1S/C10H12OS3/c1-7-2-3-14-10(7)9(11)8-6-12-4-5-13-8/h2-3,8H,4-6H2,1H3. The molecule has 1 aromatic heterocycles. The number of carbonyl (C=O) groups excluding carboxylic acids is 1. The minimum absolute atomic E-state index is 0.200. The van der Waals surface area contributed by atoms with Gasteiger partial charge in [0, 0.05) is 17.3 Å². The Kier molecular flexibility index (Phi) is 3.57. The third kappa shape index (κ3) is 2.18. The van der Waals surface area contributed by atoms with E-state index in [0.29, 0.717) is 5.78 Å². The lowest BCUT2D eigenvalue weighted by Crippen LogP contribution is -2.24. The molecule has 76 valence electrons. The van der Waals surface area contributed by atoms with E-state index in [-0.39, 0.29) is 5.25 Å². The van der Waals surface area contributed by atoms with E-state index in [1.54, 1.807) is 11.3 Å². The van der Waals surface area contributed by atoms with Crippen LogP contribution in [0.3, 0.4) is 0 Å². The van der Waals surface area contributed by atoms with Gasteiger partial charge < -0.3 is 0 Å². The lowest BCUT2D eigenvalue weighted by molar-refractivity contribution is 0.0998. The molecule has 14 heavy (non-hydrogen) atoms. The maximum Gasteiger partial charge on any atom is 0.186 e. The van der Waals surface area contributed by atoms with Gasteiger partial charge in [0.2, 0.25) is 0 Å². The molecule has 1 unspecified atom stereocenters. The van der Waals surface area contributed by atoms with Crippen molar-refractivity contribution in [1.82, 2.24) is 0 Å². The Morgan fingerprint density at radius 3 is 2.93 bits per heavy atom. The number of rotatable bonds is 2. The van der Waals surface area contributed by atoms with Crippen molar-refractivity contribution in [2.75, 3.05) is 17.3 Å². The first-order valence-electron chi connectivity index (χ1n) is 4.56. The lowest BCUT2D eigenvalue weighted by atomic mass is 10.2. The zero-order valence-electron chi connectivity index (χ0n) is 7.99. The van der Waals surface area contributed by atoms with E-state index in [2.05, 4.69) is 0 Å². The van der Waals surface area contributed by atoms with Crippen molar-refractivity contribution in [2.24, 2.45) is 0 Å². The van der Waals surface area contributed by atoms with Gasteiger partial charge in [-0.2, -0.15) is 11.8 Å². The Balaban J connectivity index is 2.11. The number of thioether (sulfide) groups is 2. The molecule has 1 fully saturated rings. The predicted molar refractivity (Wildman–Crippen MR) is 67.0 cm³/mol. The first kappa shape index (κ1) is 10.6. The van der Waals surface area contributed by atoms with Crippen molar-refractivity contribution in [3.63, 3.8) is 0 Å². The molecule has 2 heterocycles. The number of thiophene rings is 1. The molecular formula is C10H12OS3. The van der Waals surface area contributed by atoms with Crippen LogP contribution in [0, 0.1) is 6.92 Å². The van der Waals surface area contributed by atoms with E-state index in [9.17, 15) is 4.79 Å². The van der Waals surface area contributed by atoms with E-state index in [4.69, 9.17) is 0 Å². The monoisotopic (exact) mass is 244 g/mol. The minimum Gasteiger partial charge on any atom is -0.292 e. The number of ketones is 1. The first-order chi connectivity index (χ1) is 6.79. The van der Waals surface area contributed by atoms with Crippen LogP contribution in [0.5, 0.6) is 0 Å². The Bertz CT molecular complexity index is 326. The van der Waals surface area contributed by atoms with Crippen molar-refractivity contribution in [3.05, 3.63) is 21.9 Å². The molecule has 1 aliphatic heterocycles. The maximum atomic E-state index is 12.1. The topological polar surface area (TPSA) is 17.1 Å². The third-order valence-electron chi connectivity index (χ3n) is 2.19. The van der Waals surface area contributed by atoms with Crippen LogP contribution in [-0.2, 0) is 0 Å². The normalized spacial score (nSPS) is 22.2. The molecular weight excluding hydrogens is 232 g/mol. The predicted octanol–water partition coefficient (Wildman–Crippen LogP) is 3.09. The smallest absolute Gasteiger partial charge is 0.186 e. The molecule has 0 aliphatic carbocycles. The van der Waals surface area contributed by atoms with Crippen molar-refractivity contribution in [3.8, 4) is 0 Å². The molecule has 0 N–H and O–H groups in total. The number of hydrogen-bond acceptors (Lipinski definition) is 4. The molecule has 1 aromatic rings. The lowest BCUT2D eigenvalue weighted by Gasteiger charge is -2.19. The first-order valence-corrected chi connectivity index (χ1v) is 7.65. The summed E-state index contributed by atoms with van der Waals surface area (Å²) < 4.78 is 0. The highest BCUT2D eigenvalue weighted by atomic mass is 32.2. The summed E-state index contributed by atoms with van der Waals surface area (Å²) in [4.78, 5) is 13.0. The fourth-order valence-corrected chi connectivity index (χ4v) is 5.02. The largest absolute Gasteiger partial charge is 0.292 e. The number of hydrogen-bond donors (Lipinski definition) is 0. The minimum atomic E-state index is 0.200. The summed E-state index contributed by atoms with van der Waals surface area (Å²) in [6.07, 6.45) is 0. The molecule has 1 aliphatic rings. The van der Waals surface area contributed by atoms with E-state index in [1.807, 2.05) is 41.9 Å². The highest BCUT2D eigenvalue weighted by molar-refractivity contribution is 8.07. The van der Waals surface area contributed by atoms with Crippen LogP contribution in [0.4, 0.5) is 0 Å². The Hall–Kier alpha value is 0.0700. The summed E-state index contributed by atoms with van der Waals surface area (Å²) in [5, 5.41) is 2.20. The van der Waals surface area contributed by atoms with Gasteiger partial charge in [0.25, 0.3) is 0 Å². The van der Waals surface area contributed by atoms with E-state index in [0.717, 1.165) is 21.9 Å². The fourth-order valence-electron chi connectivity index (χ4n) is 1.41. The molecule has 4 heteroatoms. The van der Waals surface area contributed by atoms with Crippen LogP contribution >= 0.6 is 34.9 Å². The summed E-state index contributed by atoms with van der Waals surface area (Å²) in [5.74, 6) is 3.64. The molecule has 0 radical (unpaired) electrons. The van der Waals surface area contributed by atoms with Gasteiger partial charge in [-0.15, -0.1) is 23.1 Å². The van der Waals surface area contributed by atoms with E-state index in [1.165, 1.54) is 5.75 Å². The van der Waals surface area contributed by atoms with Crippen molar-refractivity contribution >= 4 is 40.6 Å². The molecule has 0 amide bonds. The molecule has 1 nitrogen and oxygen atoms in total. The van der Waals surface area contributed by atoms with Crippen molar-refractivity contribution < 1.29 is 4.79 Å². The number of Topliss-reactive ketones (excluding diaryl/α,β-unsaturated/α-hetero) is 1. The zero-order chi connectivity index (χ0) is 9.97. The number of carbonyl (C=O) groups is 1. The van der Waals surface area contributed by atoms with Gasteiger partial charge in [0.1, 0.15) is 0 Å². The maximum absolute atomic E-state index is 12.1. The summed E-state index contributed by atoms with van der Waals surface area (Å²) in [5.41, 5.74) is 1.14. The van der Waals surface area contributed by atoms with Gasteiger partial charge in [0.15, 0.2) is 5.78 Å². The number of aryl methyl sites for hydroxylation is 1. The molecule has 1 saturated heterocycles. The van der Waals surface area contributed by atoms with Crippen LogP contribution in [0.2, 0.25) is 0 Å². The summed E-state index contributed by atoms with van der Waals surface area (Å²) in [7, 11) is 0. The van der Waals surface area contributed by atoms with E-state index >= 15 is 0 Å². The van der Waals surface area contributed by atoms with Gasteiger partial charge in [-0.1, -0.05) is 0 Å². The summed E-state index contributed by atoms with van der Waals surface area (Å²) in [6.45, 7) is 2.02. The van der Waals surface area contributed by atoms with Gasteiger partial charge >= 0.3 is 0 Å². The average Bonchev–Trinajstić information content (AvgIpc) is 2.65. The summed E-state index contributed by atoms with van der Waals surface area (Å²) in [6, 6.07) is 2.03. The van der Waals surface area contributed by atoms with Crippen molar-refractivity contribution in [2.45, 2.75) is 12.2 Å². The molecule has 0 bridgehead atoms. The molecule has 2 rings (SSSR count). The Morgan fingerprint density at radius 2 is 2.36 bits per heavy atom. The van der Waals surface area contributed by atoms with Crippen LogP contribution in [-0.4, -0.2) is 28.3 Å². The van der Waals surface area contributed by atoms with Crippen molar-refractivity contribution in [1.29, 1.82) is 0 Å². The molecule has 0 spiro atoms. The van der Waals surface area contributed by atoms with Gasteiger partial charge in [-0.3, -0.25) is 4.79 Å². The second-order valence-corrected chi connectivity index (χ2v) is 6.61. The summed E-state index contributed by atoms with van der Waals surface area (Å²) >= 11 is 5.29. The molecule has 0 aromatic carbocycles. The highest BCUT2D eigenvalue weighted by Gasteiger charge is 2.24. The molecule has 1 atom stereocenters.